The molecule has 1 aromatic carbocycles. The van der Waals surface area contributed by atoms with Gasteiger partial charge in [0, 0.05) is 19.1 Å². The van der Waals surface area contributed by atoms with Crippen LogP contribution in [0.4, 0.5) is 0 Å². The van der Waals surface area contributed by atoms with Gasteiger partial charge in [-0.2, -0.15) is 0 Å². The first-order valence-electron chi connectivity index (χ1n) is 8.19. The summed E-state index contributed by atoms with van der Waals surface area (Å²) in [7, 11) is 0. The first kappa shape index (κ1) is 15.5. The van der Waals surface area contributed by atoms with Gasteiger partial charge in [-0.3, -0.25) is 0 Å². The Balaban J connectivity index is 1.79. The predicted octanol–water partition coefficient (Wildman–Crippen LogP) is 3.83. The number of benzene rings is 1. The summed E-state index contributed by atoms with van der Waals surface area (Å²) >= 11 is 0. The van der Waals surface area contributed by atoms with Crippen molar-refractivity contribution in [2.45, 2.75) is 52.5 Å². The fraction of sp³-hybridized carbons (Fsp3) is 0.667. The highest BCUT2D eigenvalue weighted by Crippen LogP contribution is 2.18. The second-order valence-electron chi connectivity index (χ2n) is 6.29. The first-order chi connectivity index (χ1) is 9.66. The van der Waals surface area contributed by atoms with E-state index in [0.717, 1.165) is 6.54 Å². The summed E-state index contributed by atoms with van der Waals surface area (Å²) in [5.74, 6) is 0. The molecular formula is C18H30N2. The number of nitrogens with zero attached hydrogens (tertiary/aromatic N) is 1. The number of nitrogens with one attached hydrogen (secondary N) is 1. The number of hydrogen-bond acceptors (Lipinski definition) is 2. The standard InChI is InChI=1S/C18H30N2/c1-15-8-9-16(2)18(14-15)17(3)19-10-13-20-11-6-4-5-7-12-20/h8-9,14,17,19H,4-7,10-13H2,1-3H3. The van der Waals surface area contributed by atoms with E-state index in [0.29, 0.717) is 6.04 Å². The molecule has 1 aliphatic rings. The molecule has 2 rings (SSSR count). The van der Waals surface area contributed by atoms with Gasteiger partial charge in [-0.15, -0.1) is 0 Å². The Hall–Kier alpha value is -0.860. The van der Waals surface area contributed by atoms with Gasteiger partial charge >= 0.3 is 0 Å². The Morgan fingerprint density at radius 3 is 2.50 bits per heavy atom. The summed E-state index contributed by atoms with van der Waals surface area (Å²) in [6.45, 7) is 11.5. The van der Waals surface area contributed by atoms with E-state index in [1.165, 1.54) is 62.0 Å². The lowest BCUT2D eigenvalue weighted by molar-refractivity contribution is 0.280. The van der Waals surface area contributed by atoms with Crippen LogP contribution in [0.15, 0.2) is 18.2 Å². The van der Waals surface area contributed by atoms with E-state index in [9.17, 15) is 0 Å². The molecule has 1 fully saturated rings. The molecule has 0 radical (unpaired) electrons. The van der Waals surface area contributed by atoms with Gasteiger partial charge in [0.2, 0.25) is 0 Å². The minimum Gasteiger partial charge on any atom is -0.309 e. The van der Waals surface area contributed by atoms with Crippen molar-refractivity contribution >= 4 is 0 Å². The van der Waals surface area contributed by atoms with Gasteiger partial charge in [0.15, 0.2) is 0 Å². The third kappa shape index (κ3) is 4.60. The second kappa shape index (κ2) is 7.80. The minimum absolute atomic E-state index is 0.446. The van der Waals surface area contributed by atoms with E-state index in [1.54, 1.807) is 0 Å². The van der Waals surface area contributed by atoms with Crippen LogP contribution in [0.5, 0.6) is 0 Å². The molecule has 2 nitrogen and oxygen atoms in total. The molecule has 112 valence electrons. The lowest BCUT2D eigenvalue weighted by atomic mass is 10.00. The molecule has 1 aromatic rings. The number of rotatable bonds is 5. The summed E-state index contributed by atoms with van der Waals surface area (Å²) in [5, 5.41) is 3.69. The number of likely N-dealkylation sites (tertiary alicyclic amines) is 1. The van der Waals surface area contributed by atoms with E-state index in [2.05, 4.69) is 49.2 Å². The van der Waals surface area contributed by atoms with Crippen molar-refractivity contribution in [3.8, 4) is 0 Å². The van der Waals surface area contributed by atoms with Crippen molar-refractivity contribution < 1.29 is 0 Å². The molecule has 1 unspecified atom stereocenters. The smallest absolute Gasteiger partial charge is 0.0295 e. The minimum atomic E-state index is 0.446. The van der Waals surface area contributed by atoms with Crippen molar-refractivity contribution in [1.82, 2.24) is 10.2 Å². The number of hydrogen-bond donors (Lipinski definition) is 1. The molecule has 0 amide bonds. The highest BCUT2D eigenvalue weighted by Gasteiger charge is 2.11. The molecule has 0 aliphatic carbocycles. The van der Waals surface area contributed by atoms with E-state index >= 15 is 0 Å². The summed E-state index contributed by atoms with van der Waals surface area (Å²) in [5.41, 5.74) is 4.19. The van der Waals surface area contributed by atoms with Gasteiger partial charge in [0.25, 0.3) is 0 Å². The SMILES string of the molecule is Cc1ccc(C)c(C(C)NCCN2CCCCCC2)c1. The molecule has 2 heteroatoms. The Morgan fingerprint density at radius 2 is 1.80 bits per heavy atom. The molecule has 0 bridgehead atoms. The Labute approximate surface area is 124 Å². The van der Waals surface area contributed by atoms with Gasteiger partial charge in [0.05, 0.1) is 0 Å². The van der Waals surface area contributed by atoms with Crippen LogP contribution in [0.2, 0.25) is 0 Å². The molecule has 1 heterocycles. The maximum atomic E-state index is 3.69. The topological polar surface area (TPSA) is 15.3 Å². The first-order valence-corrected chi connectivity index (χ1v) is 8.19. The van der Waals surface area contributed by atoms with Crippen LogP contribution in [0, 0.1) is 13.8 Å². The van der Waals surface area contributed by atoms with E-state index < -0.39 is 0 Å². The normalized spacial score (nSPS) is 18.8. The van der Waals surface area contributed by atoms with Gasteiger partial charge in [0.1, 0.15) is 0 Å². The fourth-order valence-electron chi connectivity index (χ4n) is 3.14. The molecule has 1 aliphatic heterocycles. The monoisotopic (exact) mass is 274 g/mol. The highest BCUT2D eigenvalue weighted by atomic mass is 15.1. The average Bonchev–Trinajstić information content (AvgIpc) is 2.70. The summed E-state index contributed by atoms with van der Waals surface area (Å²) in [6, 6.07) is 7.20. The van der Waals surface area contributed by atoms with Gasteiger partial charge in [-0.25, -0.2) is 0 Å². The maximum absolute atomic E-state index is 3.69. The summed E-state index contributed by atoms with van der Waals surface area (Å²) in [6.07, 6.45) is 5.60. The zero-order valence-corrected chi connectivity index (χ0v) is 13.4. The summed E-state index contributed by atoms with van der Waals surface area (Å²) < 4.78 is 0. The zero-order valence-electron chi connectivity index (χ0n) is 13.4. The van der Waals surface area contributed by atoms with E-state index in [4.69, 9.17) is 0 Å². The van der Waals surface area contributed by atoms with E-state index in [1.807, 2.05) is 0 Å². The Kier molecular flexibility index (Phi) is 6.06. The fourth-order valence-corrected chi connectivity index (χ4v) is 3.14. The predicted molar refractivity (Wildman–Crippen MR) is 87.2 cm³/mol. The Bertz CT molecular complexity index is 406. The van der Waals surface area contributed by atoms with Crippen LogP contribution >= 0.6 is 0 Å². The molecule has 0 saturated carbocycles. The van der Waals surface area contributed by atoms with E-state index in [-0.39, 0.29) is 0 Å². The molecule has 20 heavy (non-hydrogen) atoms. The van der Waals surface area contributed by atoms with Crippen LogP contribution in [0.1, 0.15) is 55.3 Å². The van der Waals surface area contributed by atoms with Crippen molar-refractivity contribution in [3.05, 3.63) is 34.9 Å². The van der Waals surface area contributed by atoms with Crippen molar-refractivity contribution in [2.24, 2.45) is 0 Å². The zero-order chi connectivity index (χ0) is 14.4. The third-order valence-electron chi connectivity index (χ3n) is 4.48. The van der Waals surface area contributed by atoms with Crippen LogP contribution in [0.25, 0.3) is 0 Å². The molecule has 1 saturated heterocycles. The molecular weight excluding hydrogens is 244 g/mol. The lowest BCUT2D eigenvalue weighted by Gasteiger charge is -2.22. The van der Waals surface area contributed by atoms with Crippen LogP contribution < -0.4 is 5.32 Å². The number of aryl methyl sites for hydroxylation is 2. The lowest BCUT2D eigenvalue weighted by Crippen LogP contribution is -2.34. The quantitative estimate of drug-likeness (QED) is 0.878. The second-order valence-corrected chi connectivity index (χ2v) is 6.29. The molecule has 1 N–H and O–H groups in total. The average molecular weight is 274 g/mol. The van der Waals surface area contributed by atoms with Crippen molar-refractivity contribution in [3.63, 3.8) is 0 Å². The van der Waals surface area contributed by atoms with Gasteiger partial charge in [-0.05, 0) is 57.8 Å². The Morgan fingerprint density at radius 1 is 1.10 bits per heavy atom. The molecule has 0 aromatic heterocycles. The van der Waals surface area contributed by atoms with Gasteiger partial charge in [-0.1, -0.05) is 36.6 Å². The van der Waals surface area contributed by atoms with Crippen LogP contribution in [-0.4, -0.2) is 31.1 Å². The highest BCUT2D eigenvalue weighted by molar-refractivity contribution is 5.32. The maximum Gasteiger partial charge on any atom is 0.0295 e. The molecule has 1 atom stereocenters. The van der Waals surface area contributed by atoms with Crippen molar-refractivity contribution in [2.75, 3.05) is 26.2 Å². The third-order valence-corrected chi connectivity index (χ3v) is 4.48. The van der Waals surface area contributed by atoms with Crippen LogP contribution in [0.3, 0.4) is 0 Å². The summed E-state index contributed by atoms with van der Waals surface area (Å²) in [4.78, 5) is 2.62. The largest absolute Gasteiger partial charge is 0.309 e. The molecule has 0 spiro atoms. The van der Waals surface area contributed by atoms with Crippen molar-refractivity contribution in [1.29, 1.82) is 0 Å². The van der Waals surface area contributed by atoms with Gasteiger partial charge < -0.3 is 10.2 Å². The van der Waals surface area contributed by atoms with Crippen LogP contribution in [-0.2, 0) is 0 Å².